The lowest BCUT2D eigenvalue weighted by Gasteiger charge is -2.37. The van der Waals surface area contributed by atoms with Crippen molar-refractivity contribution in [1.82, 2.24) is 14.4 Å². The summed E-state index contributed by atoms with van der Waals surface area (Å²) in [4.78, 5) is 29.4. The van der Waals surface area contributed by atoms with E-state index in [1.54, 1.807) is 4.90 Å². The number of carbonyl (C=O) groups is 2. The molecule has 0 bridgehead atoms. The number of hydrogen-bond acceptors (Lipinski definition) is 3. The quantitative estimate of drug-likeness (QED) is 0.558. The van der Waals surface area contributed by atoms with Crippen LogP contribution in [0.25, 0.3) is 0 Å². The summed E-state index contributed by atoms with van der Waals surface area (Å²) in [6.45, 7) is 14.0. The van der Waals surface area contributed by atoms with Gasteiger partial charge in [-0.05, 0) is 51.3 Å². The molecular weight excluding hydrogens is 402 g/mol. The molecular formula is C26H39N3O3. The summed E-state index contributed by atoms with van der Waals surface area (Å²) < 4.78 is 7.21. The molecule has 0 radical (unpaired) electrons. The summed E-state index contributed by atoms with van der Waals surface area (Å²) in [6, 6.07) is 12.5. The minimum absolute atomic E-state index is 0.0190. The lowest BCUT2D eigenvalue weighted by Crippen LogP contribution is -2.51. The Balaban J connectivity index is 2.21. The number of hydrogen-bond donors (Lipinski definition) is 0. The van der Waals surface area contributed by atoms with Crippen LogP contribution in [0, 0.1) is 12.8 Å². The molecule has 0 fully saturated rings. The van der Waals surface area contributed by atoms with Gasteiger partial charge in [-0.25, -0.2) is 0 Å². The van der Waals surface area contributed by atoms with E-state index < -0.39 is 0 Å². The average molecular weight is 442 g/mol. The van der Waals surface area contributed by atoms with Gasteiger partial charge in [-0.15, -0.1) is 0 Å². The molecule has 6 nitrogen and oxygen atoms in total. The molecule has 1 aromatic carbocycles. The van der Waals surface area contributed by atoms with Crippen molar-refractivity contribution in [3.8, 4) is 0 Å². The Morgan fingerprint density at radius 3 is 2.41 bits per heavy atom. The molecule has 6 heteroatoms. The Kier molecular flexibility index (Phi) is 9.08. The van der Waals surface area contributed by atoms with Gasteiger partial charge in [0.15, 0.2) is 0 Å². The molecule has 0 N–H and O–H groups in total. The molecule has 0 aliphatic heterocycles. The Morgan fingerprint density at radius 2 is 1.81 bits per heavy atom. The van der Waals surface area contributed by atoms with E-state index in [9.17, 15) is 9.59 Å². The highest BCUT2D eigenvalue weighted by Gasteiger charge is 2.30. The summed E-state index contributed by atoms with van der Waals surface area (Å²) in [6.07, 6.45) is 2.05. The second-order valence-corrected chi connectivity index (χ2v) is 9.87. The zero-order valence-electron chi connectivity index (χ0n) is 20.7. The normalized spacial score (nSPS) is 11.6. The van der Waals surface area contributed by atoms with E-state index in [0.717, 1.165) is 12.2 Å². The zero-order chi connectivity index (χ0) is 23.9. The molecule has 2 aromatic rings. The van der Waals surface area contributed by atoms with Crippen molar-refractivity contribution in [2.45, 2.75) is 60.2 Å². The van der Waals surface area contributed by atoms with Gasteiger partial charge in [0.2, 0.25) is 11.8 Å². The molecule has 2 amide bonds. The van der Waals surface area contributed by atoms with Crippen molar-refractivity contribution < 1.29 is 14.3 Å². The number of amides is 2. The van der Waals surface area contributed by atoms with Gasteiger partial charge in [0.1, 0.15) is 6.61 Å². The third kappa shape index (κ3) is 7.52. The van der Waals surface area contributed by atoms with Crippen molar-refractivity contribution in [2.75, 3.05) is 26.8 Å². The predicted molar refractivity (Wildman–Crippen MR) is 128 cm³/mol. The lowest BCUT2D eigenvalue weighted by atomic mass is 10.0. The number of carbonyl (C=O) groups excluding carboxylic acids is 2. The number of ether oxygens (including phenoxy) is 1. The minimum Gasteiger partial charge on any atom is -0.375 e. The van der Waals surface area contributed by atoms with Crippen LogP contribution in [0.3, 0.4) is 0 Å². The van der Waals surface area contributed by atoms with Gasteiger partial charge in [0.05, 0.1) is 13.1 Å². The van der Waals surface area contributed by atoms with Gasteiger partial charge < -0.3 is 19.1 Å². The van der Waals surface area contributed by atoms with Gasteiger partial charge in [-0.1, -0.05) is 43.7 Å². The summed E-state index contributed by atoms with van der Waals surface area (Å²) >= 11 is 0. The number of aryl methyl sites for hydroxylation is 1. The molecule has 176 valence electrons. The molecule has 0 atom stereocenters. The van der Waals surface area contributed by atoms with Crippen LogP contribution in [0.2, 0.25) is 0 Å². The molecule has 0 spiro atoms. The Bertz CT molecular complexity index is 896. The first-order valence-electron chi connectivity index (χ1n) is 11.3. The summed E-state index contributed by atoms with van der Waals surface area (Å²) in [5.41, 5.74) is 3.13. The van der Waals surface area contributed by atoms with Crippen LogP contribution >= 0.6 is 0 Å². The summed E-state index contributed by atoms with van der Waals surface area (Å²) in [5.74, 6) is 0.0374. The summed E-state index contributed by atoms with van der Waals surface area (Å²) in [7, 11) is 1.50. The number of nitrogens with zero attached hydrogens (tertiary/aromatic N) is 3. The molecule has 32 heavy (non-hydrogen) atoms. The fourth-order valence-corrected chi connectivity index (χ4v) is 3.77. The van der Waals surface area contributed by atoms with E-state index in [0.29, 0.717) is 13.1 Å². The van der Waals surface area contributed by atoms with Crippen LogP contribution in [0.5, 0.6) is 0 Å². The maximum Gasteiger partial charge on any atom is 0.249 e. The number of rotatable bonds is 10. The minimum atomic E-state index is -0.386. The van der Waals surface area contributed by atoms with Crippen LogP contribution in [0.1, 0.15) is 51.4 Å². The molecule has 1 heterocycles. The van der Waals surface area contributed by atoms with E-state index >= 15 is 0 Å². The smallest absolute Gasteiger partial charge is 0.249 e. The van der Waals surface area contributed by atoms with Crippen molar-refractivity contribution in [1.29, 1.82) is 0 Å². The Hall–Kier alpha value is -2.60. The van der Waals surface area contributed by atoms with E-state index in [4.69, 9.17) is 4.74 Å². The van der Waals surface area contributed by atoms with Crippen molar-refractivity contribution in [3.05, 3.63) is 59.4 Å². The van der Waals surface area contributed by atoms with E-state index in [1.165, 1.54) is 18.2 Å². The fourth-order valence-electron chi connectivity index (χ4n) is 3.77. The predicted octanol–water partition coefficient (Wildman–Crippen LogP) is 4.10. The van der Waals surface area contributed by atoms with Crippen molar-refractivity contribution >= 4 is 11.8 Å². The standard InChI is InChI=1S/C26H39N3O3/c1-20(2)15-28(25(31)19-32-7)18-24(30)29(26(4,5)6)17-23-12-9-13-27(23)16-22-11-8-10-21(3)14-22/h8-14,20H,15-19H2,1-7H3. The van der Waals surface area contributed by atoms with E-state index in [1.807, 2.05) is 45.6 Å². The van der Waals surface area contributed by atoms with Crippen LogP contribution in [-0.4, -0.2) is 58.5 Å². The SMILES string of the molecule is COCC(=O)N(CC(=O)N(Cc1cccn1Cc1cccc(C)c1)C(C)(C)C)CC(C)C. The fraction of sp³-hybridized carbons (Fsp3) is 0.538. The highest BCUT2D eigenvalue weighted by atomic mass is 16.5. The molecule has 0 aliphatic rings. The first kappa shape index (κ1) is 25.7. The van der Waals surface area contributed by atoms with Gasteiger partial charge in [0.25, 0.3) is 0 Å². The third-order valence-electron chi connectivity index (χ3n) is 5.32. The molecule has 0 unspecified atom stereocenters. The monoisotopic (exact) mass is 441 g/mol. The van der Waals surface area contributed by atoms with Crippen LogP contribution in [0.4, 0.5) is 0 Å². The molecule has 0 saturated carbocycles. The van der Waals surface area contributed by atoms with Gasteiger partial charge in [-0.3, -0.25) is 9.59 Å². The van der Waals surface area contributed by atoms with Crippen molar-refractivity contribution in [3.63, 3.8) is 0 Å². The summed E-state index contributed by atoms with van der Waals surface area (Å²) in [5, 5.41) is 0. The number of aromatic nitrogens is 1. The maximum absolute atomic E-state index is 13.4. The largest absolute Gasteiger partial charge is 0.375 e. The van der Waals surface area contributed by atoms with Crippen LogP contribution in [-0.2, 0) is 27.4 Å². The number of methoxy groups -OCH3 is 1. The second kappa shape index (κ2) is 11.3. The van der Waals surface area contributed by atoms with E-state index in [-0.39, 0.29) is 36.4 Å². The lowest BCUT2D eigenvalue weighted by molar-refractivity contribution is -0.146. The Morgan fingerprint density at radius 1 is 1.09 bits per heavy atom. The molecule has 1 aromatic heterocycles. The molecule has 0 saturated heterocycles. The first-order chi connectivity index (χ1) is 15.0. The van der Waals surface area contributed by atoms with Gasteiger partial charge in [0, 0.05) is 37.6 Å². The maximum atomic E-state index is 13.4. The Labute approximate surface area is 193 Å². The van der Waals surface area contributed by atoms with Crippen LogP contribution < -0.4 is 0 Å². The highest BCUT2D eigenvalue weighted by molar-refractivity contribution is 5.85. The van der Waals surface area contributed by atoms with Gasteiger partial charge >= 0.3 is 0 Å². The van der Waals surface area contributed by atoms with Crippen LogP contribution in [0.15, 0.2) is 42.6 Å². The molecule has 2 rings (SSSR count). The second-order valence-electron chi connectivity index (χ2n) is 9.87. The topological polar surface area (TPSA) is 54.8 Å². The zero-order valence-corrected chi connectivity index (χ0v) is 20.7. The van der Waals surface area contributed by atoms with E-state index in [2.05, 4.69) is 48.0 Å². The van der Waals surface area contributed by atoms with Gasteiger partial charge in [-0.2, -0.15) is 0 Å². The van der Waals surface area contributed by atoms with Crippen molar-refractivity contribution in [2.24, 2.45) is 5.92 Å². The first-order valence-corrected chi connectivity index (χ1v) is 11.3. The third-order valence-corrected chi connectivity index (χ3v) is 5.32. The highest BCUT2D eigenvalue weighted by Crippen LogP contribution is 2.20. The average Bonchev–Trinajstić information content (AvgIpc) is 3.11. The number of benzene rings is 1. The molecule has 0 aliphatic carbocycles.